The molecule has 4 heteroatoms. The molecule has 0 amide bonds. The Bertz CT molecular complexity index is 391. The molecule has 100 valence electrons. The fourth-order valence-electron chi connectivity index (χ4n) is 2.50. The Hall–Kier alpha value is -1.13. The van der Waals surface area contributed by atoms with Gasteiger partial charge in [0.25, 0.3) is 0 Å². The molecule has 0 bridgehead atoms. The molecule has 0 aromatic heterocycles. The van der Waals surface area contributed by atoms with Gasteiger partial charge in [0.15, 0.2) is 11.6 Å². The van der Waals surface area contributed by atoms with Crippen LogP contribution in [0, 0.1) is 5.82 Å². The largest absolute Gasteiger partial charge is 0.494 e. The molecule has 1 aromatic rings. The van der Waals surface area contributed by atoms with Gasteiger partial charge in [-0.15, -0.1) is 0 Å². The third kappa shape index (κ3) is 2.65. The number of likely N-dealkylation sites (N-methyl/N-ethyl adjacent to an activating group) is 1. The molecule has 0 saturated carbocycles. The van der Waals surface area contributed by atoms with E-state index in [1.165, 1.54) is 7.11 Å². The minimum atomic E-state index is -0.298. The monoisotopic (exact) mass is 253 g/mol. The van der Waals surface area contributed by atoms with Crippen LogP contribution in [-0.2, 0) is 4.74 Å². The first-order valence-electron chi connectivity index (χ1n) is 6.39. The van der Waals surface area contributed by atoms with E-state index in [0.29, 0.717) is 5.56 Å². The number of methoxy groups -OCH3 is 1. The summed E-state index contributed by atoms with van der Waals surface area (Å²) in [5.74, 6) is -0.0166. The fraction of sp³-hybridized carbons (Fsp3) is 0.571. The van der Waals surface area contributed by atoms with Crippen molar-refractivity contribution in [1.29, 1.82) is 0 Å². The Balaban J connectivity index is 2.26. The Morgan fingerprint density at radius 2 is 2.28 bits per heavy atom. The van der Waals surface area contributed by atoms with E-state index in [-0.39, 0.29) is 23.7 Å². The van der Waals surface area contributed by atoms with Gasteiger partial charge in [-0.1, -0.05) is 12.1 Å². The van der Waals surface area contributed by atoms with Gasteiger partial charge in [-0.05, 0) is 32.4 Å². The average molecular weight is 253 g/mol. The highest BCUT2D eigenvalue weighted by Crippen LogP contribution is 2.31. The van der Waals surface area contributed by atoms with Crippen LogP contribution < -0.4 is 10.1 Å². The molecule has 0 spiro atoms. The highest BCUT2D eigenvalue weighted by Gasteiger charge is 2.27. The Labute approximate surface area is 107 Å². The van der Waals surface area contributed by atoms with Crippen LogP contribution in [0.15, 0.2) is 18.2 Å². The lowest BCUT2D eigenvalue weighted by Gasteiger charge is -2.31. The molecule has 1 fully saturated rings. The summed E-state index contributed by atoms with van der Waals surface area (Å²) in [6.45, 7) is 0.758. The van der Waals surface area contributed by atoms with Crippen molar-refractivity contribution < 1.29 is 13.9 Å². The van der Waals surface area contributed by atoms with Gasteiger partial charge in [-0.3, -0.25) is 0 Å². The summed E-state index contributed by atoms with van der Waals surface area (Å²) >= 11 is 0. The minimum absolute atomic E-state index is 0.0327. The summed E-state index contributed by atoms with van der Waals surface area (Å²) < 4.78 is 25.0. The van der Waals surface area contributed by atoms with Crippen LogP contribution in [-0.4, -0.2) is 26.9 Å². The molecule has 1 aliphatic heterocycles. The maximum atomic E-state index is 14.2. The van der Waals surface area contributed by atoms with Crippen LogP contribution in [0.1, 0.15) is 30.9 Å². The summed E-state index contributed by atoms with van der Waals surface area (Å²) in [6, 6.07) is 5.11. The molecule has 3 nitrogen and oxygen atoms in total. The summed E-state index contributed by atoms with van der Waals surface area (Å²) in [4.78, 5) is 0. The van der Waals surface area contributed by atoms with Crippen LogP contribution in [0.4, 0.5) is 4.39 Å². The first-order chi connectivity index (χ1) is 8.77. The second-order valence-corrected chi connectivity index (χ2v) is 4.53. The molecule has 0 aliphatic carbocycles. The molecule has 2 atom stereocenters. The summed E-state index contributed by atoms with van der Waals surface area (Å²) in [5.41, 5.74) is 0.615. The first-order valence-corrected chi connectivity index (χ1v) is 6.39. The van der Waals surface area contributed by atoms with Gasteiger partial charge in [0, 0.05) is 12.2 Å². The Morgan fingerprint density at radius 3 is 2.89 bits per heavy atom. The van der Waals surface area contributed by atoms with Crippen LogP contribution in [0.25, 0.3) is 0 Å². The lowest BCUT2D eigenvalue weighted by atomic mass is 9.95. The van der Waals surface area contributed by atoms with E-state index < -0.39 is 0 Å². The second-order valence-electron chi connectivity index (χ2n) is 4.53. The van der Waals surface area contributed by atoms with Crippen molar-refractivity contribution in [3.63, 3.8) is 0 Å². The van der Waals surface area contributed by atoms with Crippen molar-refractivity contribution in [1.82, 2.24) is 5.32 Å². The predicted octanol–water partition coefficient (Wildman–Crippen LogP) is 2.66. The van der Waals surface area contributed by atoms with Gasteiger partial charge in [0.2, 0.25) is 0 Å². The maximum Gasteiger partial charge on any atom is 0.169 e. The van der Waals surface area contributed by atoms with Gasteiger partial charge >= 0.3 is 0 Å². The van der Waals surface area contributed by atoms with Crippen molar-refractivity contribution in [2.45, 2.75) is 31.4 Å². The highest BCUT2D eigenvalue weighted by atomic mass is 19.1. The molecule has 1 heterocycles. The Kier molecular flexibility index (Phi) is 4.55. The van der Waals surface area contributed by atoms with Gasteiger partial charge in [-0.2, -0.15) is 0 Å². The number of nitrogens with one attached hydrogen (secondary N) is 1. The van der Waals surface area contributed by atoms with Gasteiger partial charge in [0.05, 0.1) is 19.3 Å². The normalized spacial score (nSPS) is 21.6. The van der Waals surface area contributed by atoms with E-state index in [1.54, 1.807) is 12.1 Å². The number of halogens is 1. The van der Waals surface area contributed by atoms with E-state index in [4.69, 9.17) is 9.47 Å². The average Bonchev–Trinajstić information content (AvgIpc) is 2.43. The topological polar surface area (TPSA) is 30.5 Å². The zero-order valence-electron chi connectivity index (χ0n) is 10.9. The second kappa shape index (κ2) is 6.16. The SMILES string of the molecule is CNC(c1cccc(OC)c1F)C1CCCCO1. The minimum Gasteiger partial charge on any atom is -0.494 e. The fourth-order valence-corrected chi connectivity index (χ4v) is 2.50. The first kappa shape index (κ1) is 13.3. The number of benzene rings is 1. The number of rotatable bonds is 4. The molecule has 1 aliphatic rings. The standard InChI is InChI=1S/C14H20FNO2/c1-16-14(12-7-3-4-9-18-12)10-6-5-8-11(17-2)13(10)15/h5-6,8,12,14,16H,3-4,7,9H2,1-2H3. The molecule has 1 aromatic carbocycles. The zero-order chi connectivity index (χ0) is 13.0. The lowest BCUT2D eigenvalue weighted by molar-refractivity contribution is -0.00738. The van der Waals surface area contributed by atoms with E-state index in [9.17, 15) is 4.39 Å². The van der Waals surface area contributed by atoms with E-state index >= 15 is 0 Å². The van der Waals surface area contributed by atoms with E-state index in [0.717, 1.165) is 25.9 Å². The van der Waals surface area contributed by atoms with E-state index in [1.807, 2.05) is 13.1 Å². The molecule has 1 N–H and O–H groups in total. The molecule has 18 heavy (non-hydrogen) atoms. The molecule has 1 saturated heterocycles. The molecule has 2 rings (SSSR count). The number of hydrogen-bond acceptors (Lipinski definition) is 3. The van der Waals surface area contributed by atoms with Gasteiger partial charge in [-0.25, -0.2) is 4.39 Å². The maximum absolute atomic E-state index is 14.2. The third-order valence-corrected chi connectivity index (χ3v) is 3.45. The number of ether oxygens (including phenoxy) is 2. The van der Waals surface area contributed by atoms with Crippen molar-refractivity contribution in [2.75, 3.05) is 20.8 Å². The summed E-state index contributed by atoms with van der Waals surface area (Å²) in [6.07, 6.45) is 3.22. The number of hydrogen-bond donors (Lipinski definition) is 1. The quantitative estimate of drug-likeness (QED) is 0.895. The van der Waals surface area contributed by atoms with Crippen LogP contribution >= 0.6 is 0 Å². The zero-order valence-corrected chi connectivity index (χ0v) is 10.9. The van der Waals surface area contributed by atoms with Crippen molar-refractivity contribution >= 4 is 0 Å². The summed E-state index contributed by atoms with van der Waals surface area (Å²) in [7, 11) is 3.31. The lowest BCUT2D eigenvalue weighted by Crippen LogP contribution is -2.34. The Morgan fingerprint density at radius 1 is 1.44 bits per heavy atom. The summed E-state index contributed by atoms with van der Waals surface area (Å²) in [5, 5.41) is 3.16. The van der Waals surface area contributed by atoms with Crippen molar-refractivity contribution in [3.05, 3.63) is 29.6 Å². The predicted molar refractivity (Wildman–Crippen MR) is 68.3 cm³/mol. The van der Waals surface area contributed by atoms with Crippen molar-refractivity contribution in [2.24, 2.45) is 0 Å². The van der Waals surface area contributed by atoms with Crippen LogP contribution in [0.3, 0.4) is 0 Å². The van der Waals surface area contributed by atoms with Gasteiger partial charge < -0.3 is 14.8 Å². The highest BCUT2D eigenvalue weighted by molar-refractivity contribution is 5.33. The third-order valence-electron chi connectivity index (χ3n) is 3.45. The smallest absolute Gasteiger partial charge is 0.169 e. The van der Waals surface area contributed by atoms with Crippen LogP contribution in [0.5, 0.6) is 5.75 Å². The van der Waals surface area contributed by atoms with Crippen molar-refractivity contribution in [3.8, 4) is 5.75 Å². The van der Waals surface area contributed by atoms with Crippen LogP contribution in [0.2, 0.25) is 0 Å². The molecule has 2 unspecified atom stereocenters. The molecule has 0 radical (unpaired) electrons. The van der Waals surface area contributed by atoms with E-state index in [2.05, 4.69) is 5.32 Å². The molecular weight excluding hydrogens is 233 g/mol. The van der Waals surface area contributed by atoms with Gasteiger partial charge in [0.1, 0.15) is 0 Å². The molecular formula is C14H20FNO2.